The third-order valence-corrected chi connectivity index (χ3v) is 5.81. The van der Waals surface area contributed by atoms with E-state index < -0.39 is 14.9 Å². The van der Waals surface area contributed by atoms with Crippen LogP contribution in [0.5, 0.6) is 0 Å². The molecule has 0 aliphatic carbocycles. The van der Waals surface area contributed by atoms with Gasteiger partial charge in [-0.15, -0.1) is 0 Å². The van der Waals surface area contributed by atoms with Crippen LogP contribution in [0.15, 0.2) is 23.1 Å². The van der Waals surface area contributed by atoms with Gasteiger partial charge < -0.3 is 5.32 Å². The second-order valence-corrected chi connectivity index (χ2v) is 7.75. The van der Waals surface area contributed by atoms with Gasteiger partial charge in [0.25, 0.3) is 5.69 Å². The van der Waals surface area contributed by atoms with Gasteiger partial charge in [0.1, 0.15) is 5.69 Å². The summed E-state index contributed by atoms with van der Waals surface area (Å²) in [4.78, 5) is 10.6. The predicted molar refractivity (Wildman–Crippen MR) is 89.0 cm³/mol. The number of nitrogens with zero attached hydrogens (tertiary/aromatic N) is 3. The van der Waals surface area contributed by atoms with E-state index in [2.05, 4.69) is 5.32 Å². The molecule has 8 nitrogen and oxygen atoms in total. The number of benzene rings is 1. The Morgan fingerprint density at radius 3 is 2.62 bits per heavy atom. The van der Waals surface area contributed by atoms with Crippen molar-refractivity contribution in [1.29, 1.82) is 5.26 Å². The Morgan fingerprint density at radius 1 is 1.38 bits per heavy atom. The van der Waals surface area contributed by atoms with Crippen LogP contribution in [-0.2, 0) is 10.0 Å². The molecule has 1 N–H and O–H groups in total. The first kappa shape index (κ1) is 18.2. The summed E-state index contributed by atoms with van der Waals surface area (Å²) in [6.45, 7) is 2.61. The second kappa shape index (κ2) is 7.59. The number of nitrogens with one attached hydrogen (secondary N) is 1. The summed E-state index contributed by atoms with van der Waals surface area (Å²) in [5, 5.41) is 22.9. The monoisotopic (exact) mass is 352 g/mol. The van der Waals surface area contributed by atoms with E-state index in [-0.39, 0.29) is 28.7 Å². The molecular weight excluding hydrogens is 332 g/mol. The lowest BCUT2D eigenvalue weighted by atomic mass is 10.2. The maximum absolute atomic E-state index is 12.6. The minimum Gasteiger partial charge on any atom is -0.376 e. The topological polar surface area (TPSA) is 116 Å². The van der Waals surface area contributed by atoms with Crippen molar-refractivity contribution in [1.82, 2.24) is 4.31 Å². The molecule has 1 heterocycles. The van der Waals surface area contributed by atoms with Crippen LogP contribution in [0.2, 0.25) is 0 Å². The molecule has 0 saturated carbocycles. The van der Waals surface area contributed by atoms with Crippen LogP contribution in [-0.4, -0.2) is 36.8 Å². The van der Waals surface area contributed by atoms with Crippen LogP contribution < -0.4 is 5.32 Å². The minimum atomic E-state index is -3.72. The van der Waals surface area contributed by atoms with Gasteiger partial charge in [0.15, 0.2) is 0 Å². The fraction of sp³-hybridized carbons (Fsp3) is 0.533. The normalized spacial score (nSPS) is 17.0. The highest BCUT2D eigenvalue weighted by Crippen LogP contribution is 2.30. The third-order valence-electron chi connectivity index (χ3n) is 3.92. The average Bonchev–Trinajstić information content (AvgIpc) is 2.55. The quantitative estimate of drug-likeness (QED) is 0.621. The molecule has 0 aromatic heterocycles. The zero-order valence-electron chi connectivity index (χ0n) is 13.4. The highest BCUT2D eigenvalue weighted by molar-refractivity contribution is 7.89. The summed E-state index contributed by atoms with van der Waals surface area (Å²) in [6.07, 6.45) is 2.77. The van der Waals surface area contributed by atoms with Gasteiger partial charge in [0.05, 0.1) is 22.3 Å². The Kier molecular flexibility index (Phi) is 5.75. The van der Waals surface area contributed by atoms with Gasteiger partial charge in [-0.2, -0.15) is 9.57 Å². The summed E-state index contributed by atoms with van der Waals surface area (Å²) in [7, 11) is -3.72. The van der Waals surface area contributed by atoms with Crippen molar-refractivity contribution in [3.05, 3.63) is 28.3 Å². The standard InChI is InChI=1S/C15H20N4O4S/c1-12(7-8-16)17-14-6-5-13(11-15(14)19(20)21)24(22,23)18-9-3-2-4-10-18/h5-6,11-12,17H,2-4,7,9-10H2,1H3/t12-/m1/s1. The molecule has 0 unspecified atom stereocenters. The molecule has 9 heteroatoms. The Hall–Kier alpha value is -2.18. The second-order valence-electron chi connectivity index (χ2n) is 5.81. The molecule has 1 aromatic rings. The Morgan fingerprint density at radius 2 is 2.04 bits per heavy atom. The van der Waals surface area contributed by atoms with Crippen molar-refractivity contribution >= 4 is 21.4 Å². The van der Waals surface area contributed by atoms with E-state index in [9.17, 15) is 18.5 Å². The maximum atomic E-state index is 12.6. The molecule has 1 aliphatic rings. The molecule has 1 aromatic carbocycles. The summed E-state index contributed by atoms with van der Waals surface area (Å²) in [5.41, 5.74) is -0.0989. The van der Waals surface area contributed by atoms with Crippen molar-refractivity contribution in [3.63, 3.8) is 0 Å². The Bertz CT molecular complexity index is 751. The molecule has 2 rings (SSSR count). The van der Waals surface area contributed by atoms with Gasteiger partial charge in [-0.25, -0.2) is 8.42 Å². The first-order valence-electron chi connectivity index (χ1n) is 7.78. The molecule has 0 spiro atoms. The minimum absolute atomic E-state index is 0.0745. The number of sulfonamides is 1. The van der Waals surface area contributed by atoms with E-state index in [1.165, 1.54) is 16.4 Å². The fourth-order valence-corrected chi connectivity index (χ4v) is 4.19. The third kappa shape index (κ3) is 4.01. The van der Waals surface area contributed by atoms with E-state index in [1.807, 2.05) is 6.07 Å². The van der Waals surface area contributed by atoms with Crippen LogP contribution in [0.3, 0.4) is 0 Å². The summed E-state index contributed by atoms with van der Waals surface area (Å²) in [6, 6.07) is 5.55. The highest BCUT2D eigenvalue weighted by Gasteiger charge is 2.28. The average molecular weight is 352 g/mol. The van der Waals surface area contributed by atoms with Crippen molar-refractivity contribution in [2.45, 2.75) is 43.5 Å². The molecule has 0 amide bonds. The molecule has 24 heavy (non-hydrogen) atoms. The van der Waals surface area contributed by atoms with E-state index in [1.54, 1.807) is 6.92 Å². The number of hydrogen-bond acceptors (Lipinski definition) is 6. The molecule has 0 radical (unpaired) electrons. The number of nitro groups is 1. The summed E-state index contributed by atoms with van der Waals surface area (Å²) in [5.74, 6) is 0. The van der Waals surface area contributed by atoms with Crippen LogP contribution in [0.1, 0.15) is 32.6 Å². The van der Waals surface area contributed by atoms with Crippen LogP contribution in [0, 0.1) is 21.4 Å². The predicted octanol–water partition coefficient (Wildman–Crippen LogP) is 2.48. The number of nitro benzene ring substituents is 1. The molecule has 1 fully saturated rings. The Labute approximate surface area is 141 Å². The van der Waals surface area contributed by atoms with Crippen LogP contribution in [0.25, 0.3) is 0 Å². The van der Waals surface area contributed by atoms with E-state index in [4.69, 9.17) is 5.26 Å². The molecule has 1 atom stereocenters. The molecule has 1 aliphatic heterocycles. The van der Waals surface area contributed by atoms with Gasteiger partial charge in [-0.3, -0.25) is 10.1 Å². The number of piperidine rings is 1. The molecular formula is C15H20N4O4S. The maximum Gasteiger partial charge on any atom is 0.293 e. The van der Waals surface area contributed by atoms with Crippen molar-refractivity contribution in [2.24, 2.45) is 0 Å². The lowest BCUT2D eigenvalue weighted by molar-refractivity contribution is -0.384. The van der Waals surface area contributed by atoms with Crippen molar-refractivity contribution in [3.8, 4) is 6.07 Å². The lowest BCUT2D eigenvalue weighted by Gasteiger charge is -2.26. The van der Waals surface area contributed by atoms with Crippen LogP contribution in [0.4, 0.5) is 11.4 Å². The van der Waals surface area contributed by atoms with Gasteiger partial charge in [-0.1, -0.05) is 6.42 Å². The van der Waals surface area contributed by atoms with Crippen LogP contribution >= 0.6 is 0 Å². The summed E-state index contributed by atoms with van der Waals surface area (Å²) >= 11 is 0. The highest BCUT2D eigenvalue weighted by atomic mass is 32.2. The first-order valence-corrected chi connectivity index (χ1v) is 9.22. The van der Waals surface area contributed by atoms with Gasteiger partial charge in [0.2, 0.25) is 10.0 Å². The van der Waals surface area contributed by atoms with Crippen molar-refractivity contribution in [2.75, 3.05) is 18.4 Å². The smallest absolute Gasteiger partial charge is 0.293 e. The van der Waals surface area contributed by atoms with E-state index >= 15 is 0 Å². The van der Waals surface area contributed by atoms with Crippen molar-refractivity contribution < 1.29 is 13.3 Å². The lowest BCUT2D eigenvalue weighted by Crippen LogP contribution is -2.35. The van der Waals surface area contributed by atoms with E-state index in [0.29, 0.717) is 13.1 Å². The largest absolute Gasteiger partial charge is 0.376 e. The van der Waals surface area contributed by atoms with Gasteiger partial charge in [0, 0.05) is 25.2 Å². The molecule has 1 saturated heterocycles. The SMILES string of the molecule is C[C@H](CC#N)Nc1ccc(S(=O)(=O)N2CCCCC2)cc1[N+](=O)[O-]. The zero-order chi connectivity index (χ0) is 17.7. The number of anilines is 1. The Balaban J connectivity index is 2.34. The fourth-order valence-electron chi connectivity index (χ4n) is 2.65. The first-order chi connectivity index (χ1) is 11.4. The van der Waals surface area contributed by atoms with E-state index in [0.717, 1.165) is 25.3 Å². The van der Waals surface area contributed by atoms with Gasteiger partial charge >= 0.3 is 0 Å². The molecule has 0 bridgehead atoms. The number of hydrogen-bond donors (Lipinski definition) is 1. The number of nitriles is 1. The molecule has 130 valence electrons. The summed E-state index contributed by atoms with van der Waals surface area (Å²) < 4.78 is 26.7. The zero-order valence-corrected chi connectivity index (χ0v) is 14.3. The number of rotatable bonds is 6. The van der Waals surface area contributed by atoms with Gasteiger partial charge in [-0.05, 0) is 31.9 Å².